The van der Waals surface area contributed by atoms with Crippen LogP contribution in [0.5, 0.6) is 17.2 Å². The number of benzene rings is 2. The second-order valence-corrected chi connectivity index (χ2v) is 9.50. The highest BCUT2D eigenvalue weighted by Crippen LogP contribution is 2.36. The van der Waals surface area contributed by atoms with Crippen molar-refractivity contribution in [3.8, 4) is 22.9 Å². The molecule has 0 unspecified atom stereocenters. The number of halogens is 1. The van der Waals surface area contributed by atoms with E-state index < -0.39 is 18.5 Å². The summed E-state index contributed by atoms with van der Waals surface area (Å²) in [6.07, 6.45) is 1.42. The minimum Gasteiger partial charge on any atom is -0.490 e. The molecule has 0 aliphatic rings. The van der Waals surface area contributed by atoms with Crippen molar-refractivity contribution in [2.45, 2.75) is 27.4 Å². The van der Waals surface area contributed by atoms with Crippen LogP contribution in [-0.2, 0) is 11.4 Å². The van der Waals surface area contributed by atoms with Gasteiger partial charge in [0.05, 0.1) is 17.3 Å². The number of ether oxygens (including phenoxy) is 3. The number of rotatable bonds is 12. The van der Waals surface area contributed by atoms with E-state index in [4.69, 9.17) is 23.7 Å². The van der Waals surface area contributed by atoms with E-state index in [0.29, 0.717) is 33.9 Å². The predicted molar refractivity (Wildman–Crippen MR) is 152 cm³/mol. The van der Waals surface area contributed by atoms with Crippen LogP contribution in [-0.4, -0.2) is 41.0 Å². The van der Waals surface area contributed by atoms with Crippen LogP contribution in [0.4, 0.5) is 0 Å². The van der Waals surface area contributed by atoms with Gasteiger partial charge in [0, 0.05) is 17.1 Å². The average molecular weight is 610 g/mol. The molecule has 2 heterocycles. The molecule has 0 saturated heterocycles. The summed E-state index contributed by atoms with van der Waals surface area (Å²) < 4.78 is 24.9. The van der Waals surface area contributed by atoms with Gasteiger partial charge >= 0.3 is 11.9 Å². The molecule has 208 valence electrons. The smallest absolute Gasteiger partial charge is 0.341 e. The standard InChI is InChI=1S/C29H28BrN3O7/c1-4-37-26-14-20(13-24(30)28(26)39-17-27(34)35)15-31-32-29(36)25-12-11-23(40-25)16-38-22-9-7-21(8-10-22)33-18(2)5-6-19(33)3/h5-15H,4,16-17H2,1-3H3,(H,32,36)(H,34,35)/b31-15+. The monoisotopic (exact) mass is 609 g/mol. The summed E-state index contributed by atoms with van der Waals surface area (Å²) in [4.78, 5) is 23.3. The van der Waals surface area contributed by atoms with Crippen molar-refractivity contribution in [3.05, 3.63) is 93.6 Å². The van der Waals surface area contributed by atoms with Crippen molar-refractivity contribution in [2.75, 3.05) is 13.2 Å². The minimum absolute atomic E-state index is 0.0817. The Kier molecular flexibility index (Phi) is 9.28. The number of carbonyl (C=O) groups is 2. The quantitative estimate of drug-likeness (QED) is 0.157. The fourth-order valence-electron chi connectivity index (χ4n) is 3.92. The third-order valence-corrected chi connectivity index (χ3v) is 6.27. The lowest BCUT2D eigenvalue weighted by atomic mass is 10.2. The Morgan fingerprint density at radius 3 is 2.42 bits per heavy atom. The predicted octanol–water partition coefficient (Wildman–Crippen LogP) is 5.65. The highest BCUT2D eigenvalue weighted by Gasteiger charge is 2.14. The molecule has 10 nitrogen and oxygen atoms in total. The van der Waals surface area contributed by atoms with Gasteiger partial charge in [-0.05, 0) is 103 Å². The zero-order valence-corrected chi connectivity index (χ0v) is 23.7. The van der Waals surface area contributed by atoms with Crippen LogP contribution in [0.3, 0.4) is 0 Å². The highest BCUT2D eigenvalue weighted by molar-refractivity contribution is 9.10. The van der Waals surface area contributed by atoms with Gasteiger partial charge in [-0.15, -0.1) is 0 Å². The SMILES string of the molecule is CCOc1cc(/C=N/NC(=O)c2ccc(COc3ccc(-n4c(C)ccc4C)cc3)o2)cc(Br)c1OCC(=O)O. The Morgan fingerprint density at radius 2 is 1.75 bits per heavy atom. The average Bonchev–Trinajstić information content (AvgIpc) is 3.53. The number of aliphatic carboxylic acids is 1. The van der Waals surface area contributed by atoms with Gasteiger partial charge in [0.25, 0.3) is 0 Å². The van der Waals surface area contributed by atoms with Crippen molar-refractivity contribution < 1.29 is 33.3 Å². The van der Waals surface area contributed by atoms with Crippen molar-refractivity contribution in [1.29, 1.82) is 0 Å². The van der Waals surface area contributed by atoms with Crippen LogP contribution in [0.1, 0.15) is 40.2 Å². The molecule has 2 aromatic carbocycles. The summed E-state index contributed by atoms with van der Waals surface area (Å²) in [6.45, 7) is 5.89. The van der Waals surface area contributed by atoms with E-state index >= 15 is 0 Å². The molecule has 0 aliphatic carbocycles. The largest absolute Gasteiger partial charge is 0.490 e. The number of aromatic nitrogens is 1. The molecule has 0 fully saturated rings. The van der Waals surface area contributed by atoms with Gasteiger partial charge in [-0.25, -0.2) is 10.2 Å². The van der Waals surface area contributed by atoms with Gasteiger partial charge < -0.3 is 28.3 Å². The summed E-state index contributed by atoms with van der Waals surface area (Å²) in [7, 11) is 0. The Labute approximate surface area is 239 Å². The van der Waals surface area contributed by atoms with Crippen LogP contribution in [0.2, 0.25) is 0 Å². The van der Waals surface area contributed by atoms with E-state index in [2.05, 4.69) is 57.0 Å². The number of aryl methyl sites for hydroxylation is 2. The lowest BCUT2D eigenvalue weighted by molar-refractivity contribution is -0.139. The second-order valence-electron chi connectivity index (χ2n) is 8.64. The summed E-state index contributed by atoms with van der Waals surface area (Å²) in [5.41, 5.74) is 6.36. The molecule has 11 heteroatoms. The maximum Gasteiger partial charge on any atom is 0.341 e. The van der Waals surface area contributed by atoms with E-state index in [1.165, 1.54) is 6.21 Å². The maximum absolute atomic E-state index is 12.5. The number of carbonyl (C=O) groups excluding carboxylic acids is 1. The third kappa shape index (κ3) is 7.11. The molecule has 0 saturated carbocycles. The summed E-state index contributed by atoms with van der Waals surface area (Å²) in [5.74, 6) is 0.201. The molecule has 0 spiro atoms. The van der Waals surface area contributed by atoms with Gasteiger partial charge in [-0.3, -0.25) is 4.79 Å². The number of carboxylic acids is 1. The van der Waals surface area contributed by atoms with Crippen LogP contribution >= 0.6 is 15.9 Å². The first-order valence-corrected chi connectivity index (χ1v) is 13.2. The van der Waals surface area contributed by atoms with Crippen molar-refractivity contribution in [1.82, 2.24) is 9.99 Å². The lowest BCUT2D eigenvalue weighted by Gasteiger charge is -2.13. The van der Waals surface area contributed by atoms with Gasteiger partial charge in [-0.1, -0.05) is 0 Å². The fraction of sp³-hybridized carbons (Fsp3) is 0.207. The van der Waals surface area contributed by atoms with E-state index in [1.54, 1.807) is 31.2 Å². The molecule has 0 radical (unpaired) electrons. The first kappa shape index (κ1) is 28.5. The van der Waals surface area contributed by atoms with E-state index in [0.717, 1.165) is 17.1 Å². The molecule has 0 bridgehead atoms. The van der Waals surface area contributed by atoms with Crippen molar-refractivity contribution >= 4 is 34.0 Å². The topological polar surface area (TPSA) is 125 Å². The first-order chi connectivity index (χ1) is 19.2. The van der Waals surface area contributed by atoms with E-state index in [-0.39, 0.29) is 18.1 Å². The molecule has 1 amide bonds. The maximum atomic E-state index is 12.5. The number of nitrogens with zero attached hydrogens (tertiary/aromatic N) is 2. The number of hydrogen-bond acceptors (Lipinski definition) is 7. The van der Waals surface area contributed by atoms with Gasteiger partial charge in [0.2, 0.25) is 0 Å². The van der Waals surface area contributed by atoms with Crippen LogP contribution in [0, 0.1) is 13.8 Å². The van der Waals surface area contributed by atoms with Crippen molar-refractivity contribution in [2.24, 2.45) is 5.10 Å². The first-order valence-electron chi connectivity index (χ1n) is 12.4. The van der Waals surface area contributed by atoms with Crippen LogP contribution in [0.25, 0.3) is 5.69 Å². The molecule has 4 rings (SSSR count). The molecule has 4 aromatic rings. The minimum atomic E-state index is -1.11. The van der Waals surface area contributed by atoms with Gasteiger partial charge in [0.15, 0.2) is 23.9 Å². The second kappa shape index (κ2) is 13.0. The number of hydrazone groups is 1. The summed E-state index contributed by atoms with van der Waals surface area (Å²) in [6, 6.07) is 18.4. The fourth-order valence-corrected chi connectivity index (χ4v) is 4.49. The van der Waals surface area contributed by atoms with Crippen LogP contribution < -0.4 is 19.6 Å². The lowest BCUT2D eigenvalue weighted by Crippen LogP contribution is -2.16. The molecule has 0 atom stereocenters. The number of nitrogens with one attached hydrogen (secondary N) is 1. The zero-order chi connectivity index (χ0) is 28.6. The molecule has 40 heavy (non-hydrogen) atoms. The molecular weight excluding hydrogens is 582 g/mol. The Morgan fingerprint density at radius 1 is 1.02 bits per heavy atom. The summed E-state index contributed by atoms with van der Waals surface area (Å²) >= 11 is 3.35. The van der Waals surface area contributed by atoms with Crippen molar-refractivity contribution in [3.63, 3.8) is 0 Å². The molecule has 0 aliphatic heterocycles. The Hall–Kier alpha value is -4.51. The van der Waals surface area contributed by atoms with E-state index in [1.807, 2.05) is 24.3 Å². The van der Waals surface area contributed by atoms with E-state index in [9.17, 15) is 9.59 Å². The summed E-state index contributed by atoms with van der Waals surface area (Å²) in [5, 5.41) is 12.9. The normalized spacial score (nSPS) is 11.0. The van der Waals surface area contributed by atoms with Gasteiger partial charge in [-0.2, -0.15) is 5.10 Å². The third-order valence-electron chi connectivity index (χ3n) is 5.68. The zero-order valence-electron chi connectivity index (χ0n) is 22.1. The highest BCUT2D eigenvalue weighted by atomic mass is 79.9. The number of carboxylic acid groups (broad SMARTS) is 1. The molecular formula is C29H28BrN3O7. The number of amides is 1. The Balaban J connectivity index is 1.33. The molecule has 2 N–H and O–H groups in total. The van der Waals surface area contributed by atoms with Crippen LogP contribution in [0.15, 0.2) is 74.7 Å². The Bertz CT molecular complexity index is 1500. The number of hydrogen-bond donors (Lipinski definition) is 2. The molecule has 2 aromatic heterocycles. The number of furan rings is 1. The van der Waals surface area contributed by atoms with Gasteiger partial charge in [0.1, 0.15) is 18.1 Å².